The van der Waals surface area contributed by atoms with E-state index in [4.69, 9.17) is 9.88 Å². The number of urea groups is 1. The van der Waals surface area contributed by atoms with Gasteiger partial charge in [0.2, 0.25) is 10.0 Å². The highest BCUT2D eigenvalue weighted by Gasteiger charge is 2.06. The molecule has 0 aliphatic heterocycles. The van der Waals surface area contributed by atoms with E-state index in [0.717, 1.165) is 16.9 Å². The van der Waals surface area contributed by atoms with Crippen LogP contribution in [0.2, 0.25) is 0 Å². The molecule has 2 amide bonds. The maximum Gasteiger partial charge on any atom is 0.318 e. The fourth-order valence-electron chi connectivity index (χ4n) is 2.15. The monoisotopic (exact) mass is 375 g/mol. The number of ether oxygens (including phenoxy) is 1. The van der Waals surface area contributed by atoms with Crippen molar-refractivity contribution in [3.05, 3.63) is 65.9 Å². The first-order valence-corrected chi connectivity index (χ1v) is 9.40. The first-order chi connectivity index (χ1) is 12.4. The predicted molar refractivity (Wildman–Crippen MR) is 100 cm³/mol. The van der Waals surface area contributed by atoms with Gasteiger partial charge < -0.3 is 15.4 Å². The lowest BCUT2D eigenvalue weighted by Gasteiger charge is -2.06. The Bertz CT molecular complexity index is 860. The Hall–Kier alpha value is -2.84. The van der Waals surface area contributed by atoms with Crippen LogP contribution in [0.15, 0.2) is 59.6 Å². The zero-order valence-electron chi connectivity index (χ0n) is 14.3. The maximum atomic E-state index is 11.7. The van der Waals surface area contributed by atoms with Crippen LogP contribution in [0.4, 0.5) is 4.79 Å². The van der Waals surface area contributed by atoms with E-state index in [1.165, 1.54) is 12.1 Å². The summed E-state index contributed by atoms with van der Waals surface area (Å²) < 4.78 is 27.4. The molecule has 26 heavy (non-hydrogen) atoms. The number of methoxy groups -OCH3 is 1. The van der Waals surface area contributed by atoms with E-state index in [2.05, 4.69) is 10.6 Å². The van der Waals surface area contributed by atoms with Crippen molar-refractivity contribution < 1.29 is 17.9 Å². The number of nitrogens with one attached hydrogen (secondary N) is 2. The Morgan fingerprint density at radius 3 is 2.35 bits per heavy atom. The minimum atomic E-state index is -3.69. The first-order valence-electron chi connectivity index (χ1n) is 7.85. The van der Waals surface area contributed by atoms with Gasteiger partial charge in [0.1, 0.15) is 5.75 Å². The van der Waals surface area contributed by atoms with Crippen LogP contribution in [-0.4, -0.2) is 28.1 Å². The van der Waals surface area contributed by atoms with Crippen molar-refractivity contribution in [2.24, 2.45) is 5.14 Å². The second-order valence-corrected chi connectivity index (χ2v) is 7.01. The Balaban J connectivity index is 1.73. The van der Waals surface area contributed by atoms with Crippen molar-refractivity contribution >= 4 is 22.1 Å². The Morgan fingerprint density at radius 1 is 1.12 bits per heavy atom. The van der Waals surface area contributed by atoms with Gasteiger partial charge in [-0.05, 0) is 47.9 Å². The number of rotatable bonds is 7. The molecule has 138 valence electrons. The van der Waals surface area contributed by atoms with E-state index in [0.29, 0.717) is 13.0 Å². The van der Waals surface area contributed by atoms with Gasteiger partial charge in [-0.3, -0.25) is 0 Å². The predicted octanol–water partition coefficient (Wildman–Crippen LogP) is 1.86. The van der Waals surface area contributed by atoms with Gasteiger partial charge in [-0.2, -0.15) is 0 Å². The van der Waals surface area contributed by atoms with Crippen LogP contribution >= 0.6 is 0 Å². The largest absolute Gasteiger partial charge is 0.497 e. The normalized spacial score (nSPS) is 11.3. The summed E-state index contributed by atoms with van der Waals surface area (Å²) in [5, 5.41) is 10.4. The Kier molecular flexibility index (Phi) is 6.76. The molecule has 0 radical (unpaired) electrons. The number of sulfonamides is 1. The third kappa shape index (κ3) is 6.23. The molecule has 0 aliphatic carbocycles. The number of hydrogen-bond acceptors (Lipinski definition) is 4. The summed E-state index contributed by atoms with van der Waals surface area (Å²) in [5.41, 5.74) is 1.83. The number of benzene rings is 2. The van der Waals surface area contributed by atoms with Gasteiger partial charge in [0, 0.05) is 12.7 Å². The minimum absolute atomic E-state index is 0.0654. The summed E-state index contributed by atoms with van der Waals surface area (Å²) in [4.78, 5) is 11.8. The van der Waals surface area contributed by atoms with Gasteiger partial charge in [0.05, 0.1) is 12.0 Å². The van der Waals surface area contributed by atoms with Gasteiger partial charge in [-0.15, -0.1) is 0 Å². The third-order valence-corrected chi connectivity index (χ3v) is 4.49. The molecule has 2 aromatic rings. The molecule has 0 fully saturated rings. The summed E-state index contributed by atoms with van der Waals surface area (Å²) in [6.45, 7) is 0.414. The molecule has 2 aromatic carbocycles. The number of carbonyl (C=O) groups is 1. The first kappa shape index (κ1) is 19.5. The van der Waals surface area contributed by atoms with Crippen molar-refractivity contribution in [1.29, 1.82) is 0 Å². The summed E-state index contributed by atoms with van der Waals surface area (Å²) >= 11 is 0. The van der Waals surface area contributed by atoms with Crippen molar-refractivity contribution in [1.82, 2.24) is 10.6 Å². The lowest BCUT2D eigenvalue weighted by molar-refractivity contribution is 0.244. The number of hydrogen-bond donors (Lipinski definition) is 3. The van der Waals surface area contributed by atoms with Gasteiger partial charge in [-0.25, -0.2) is 18.4 Å². The van der Waals surface area contributed by atoms with Gasteiger partial charge in [0.15, 0.2) is 0 Å². The summed E-state index contributed by atoms with van der Waals surface area (Å²) in [6.07, 6.45) is 3.89. The molecule has 0 heterocycles. The van der Waals surface area contributed by atoms with Gasteiger partial charge in [-0.1, -0.05) is 24.3 Å². The van der Waals surface area contributed by atoms with Crippen molar-refractivity contribution in [2.45, 2.75) is 11.3 Å². The number of amides is 2. The van der Waals surface area contributed by atoms with Crippen LogP contribution in [0.25, 0.3) is 6.08 Å². The van der Waals surface area contributed by atoms with Crippen LogP contribution in [0, 0.1) is 0 Å². The second kappa shape index (κ2) is 9.02. The topological polar surface area (TPSA) is 111 Å². The summed E-state index contributed by atoms with van der Waals surface area (Å²) in [7, 11) is -2.08. The number of carbonyl (C=O) groups excluding carboxylic acids is 1. The van der Waals surface area contributed by atoms with E-state index < -0.39 is 10.0 Å². The quantitative estimate of drug-likeness (QED) is 0.686. The fourth-order valence-corrected chi connectivity index (χ4v) is 2.66. The SMILES string of the molecule is COc1ccc(/C=C/NC(=O)NCCc2ccc(S(N)(=O)=O)cc2)cc1. The smallest absolute Gasteiger partial charge is 0.318 e. The average molecular weight is 375 g/mol. The zero-order valence-corrected chi connectivity index (χ0v) is 15.1. The zero-order chi connectivity index (χ0) is 19.0. The van der Waals surface area contributed by atoms with Crippen LogP contribution in [-0.2, 0) is 16.4 Å². The average Bonchev–Trinajstić information content (AvgIpc) is 2.62. The van der Waals surface area contributed by atoms with Crippen LogP contribution in [0.1, 0.15) is 11.1 Å². The molecule has 2 rings (SSSR count). The van der Waals surface area contributed by atoms with Crippen molar-refractivity contribution in [3.8, 4) is 5.75 Å². The lowest BCUT2D eigenvalue weighted by atomic mass is 10.1. The lowest BCUT2D eigenvalue weighted by Crippen LogP contribution is -2.33. The molecular weight excluding hydrogens is 354 g/mol. The molecule has 0 spiro atoms. The standard InChI is InChI=1S/C18H21N3O4S/c1-25-16-6-2-14(3-7-16)10-12-20-18(22)21-13-11-15-4-8-17(9-5-15)26(19,23)24/h2-10,12H,11,13H2,1H3,(H2,19,23,24)(H2,20,21,22)/b12-10+. The number of primary sulfonamides is 1. The highest BCUT2D eigenvalue weighted by molar-refractivity contribution is 7.89. The molecule has 8 heteroatoms. The molecule has 0 bridgehead atoms. The molecule has 0 saturated heterocycles. The molecule has 0 aromatic heterocycles. The molecule has 4 N–H and O–H groups in total. The molecular formula is C18H21N3O4S. The Morgan fingerprint density at radius 2 is 1.77 bits per heavy atom. The number of nitrogens with two attached hydrogens (primary N) is 1. The fraction of sp³-hybridized carbons (Fsp3) is 0.167. The molecule has 0 saturated carbocycles. The maximum absolute atomic E-state index is 11.7. The van der Waals surface area contributed by atoms with Crippen molar-refractivity contribution in [3.63, 3.8) is 0 Å². The van der Waals surface area contributed by atoms with Crippen LogP contribution in [0.5, 0.6) is 5.75 Å². The van der Waals surface area contributed by atoms with E-state index >= 15 is 0 Å². The third-order valence-electron chi connectivity index (χ3n) is 3.56. The molecule has 7 nitrogen and oxygen atoms in total. The Labute approximate surface area is 152 Å². The van der Waals surface area contributed by atoms with E-state index in [-0.39, 0.29) is 10.9 Å². The molecule has 0 unspecified atom stereocenters. The highest BCUT2D eigenvalue weighted by atomic mass is 32.2. The highest BCUT2D eigenvalue weighted by Crippen LogP contribution is 2.12. The van der Waals surface area contributed by atoms with Crippen LogP contribution in [0.3, 0.4) is 0 Å². The summed E-state index contributed by atoms with van der Waals surface area (Å²) in [5.74, 6) is 0.768. The second-order valence-electron chi connectivity index (χ2n) is 5.45. The van der Waals surface area contributed by atoms with E-state index in [1.54, 1.807) is 31.5 Å². The van der Waals surface area contributed by atoms with Gasteiger partial charge in [0.25, 0.3) is 0 Å². The molecule has 0 atom stereocenters. The minimum Gasteiger partial charge on any atom is -0.497 e. The van der Waals surface area contributed by atoms with Gasteiger partial charge >= 0.3 is 6.03 Å². The molecule has 0 aliphatic rings. The van der Waals surface area contributed by atoms with E-state index in [1.807, 2.05) is 24.3 Å². The van der Waals surface area contributed by atoms with Crippen LogP contribution < -0.4 is 20.5 Å². The summed E-state index contributed by atoms with van der Waals surface area (Å²) in [6, 6.07) is 13.3. The van der Waals surface area contributed by atoms with E-state index in [9.17, 15) is 13.2 Å². The van der Waals surface area contributed by atoms with Crippen molar-refractivity contribution in [2.75, 3.05) is 13.7 Å².